The highest BCUT2D eigenvalue weighted by Gasteiger charge is 2.28. The number of hydrogen-bond acceptors (Lipinski definition) is 8. The molecule has 1 saturated carbocycles. The van der Waals surface area contributed by atoms with E-state index in [2.05, 4.69) is 10.1 Å². The molecule has 9 heteroatoms. The number of nitrogens with one attached hydrogen (secondary N) is 1. The first-order valence-electron chi connectivity index (χ1n) is 12.6. The number of fused-ring (bicyclic) bond motifs is 1. The molecular formula is C29H31NO8. The molecule has 0 saturated heterocycles. The second-order valence-corrected chi connectivity index (χ2v) is 9.49. The van der Waals surface area contributed by atoms with Crippen molar-refractivity contribution in [2.24, 2.45) is 11.8 Å². The van der Waals surface area contributed by atoms with Gasteiger partial charge in [-0.05, 0) is 61.8 Å². The Kier molecular flexibility index (Phi) is 8.78. The maximum absolute atomic E-state index is 12.8. The Bertz CT molecular complexity index is 1360. The molecule has 3 aromatic rings. The zero-order valence-corrected chi connectivity index (χ0v) is 21.5. The predicted molar refractivity (Wildman–Crippen MR) is 139 cm³/mol. The van der Waals surface area contributed by atoms with Crippen molar-refractivity contribution in [3.8, 4) is 5.75 Å². The number of ether oxygens (including phenoxy) is 3. The van der Waals surface area contributed by atoms with Crippen LogP contribution in [-0.2, 0) is 32.1 Å². The molecule has 1 heterocycles. The van der Waals surface area contributed by atoms with Crippen LogP contribution >= 0.6 is 0 Å². The Morgan fingerprint density at radius 3 is 2.47 bits per heavy atom. The number of hydrogen-bond donors (Lipinski definition) is 1. The standard InChI is InChI=1S/C29H31NO8/c1-18-23-13-12-22(14-25(23)38-28(33)24(18)15-26(31)35-2)37-27(32)21-10-8-19(9-11-21)16-30-29(34)36-17-20-6-4-3-5-7-20/h3-7,12-14,19,21H,8-11,15-17H2,1-2H3,(H,30,34). The molecule has 0 bridgehead atoms. The van der Waals surface area contributed by atoms with Gasteiger partial charge in [-0.2, -0.15) is 0 Å². The molecule has 0 atom stereocenters. The Morgan fingerprint density at radius 2 is 1.76 bits per heavy atom. The van der Waals surface area contributed by atoms with E-state index in [1.807, 2.05) is 30.3 Å². The van der Waals surface area contributed by atoms with Crippen molar-refractivity contribution in [2.75, 3.05) is 13.7 Å². The topological polar surface area (TPSA) is 121 Å². The lowest BCUT2D eigenvalue weighted by molar-refractivity contribution is -0.141. The van der Waals surface area contributed by atoms with Gasteiger partial charge in [0.05, 0.1) is 25.0 Å². The average molecular weight is 522 g/mol. The van der Waals surface area contributed by atoms with E-state index in [0.29, 0.717) is 30.3 Å². The van der Waals surface area contributed by atoms with Crippen molar-refractivity contribution in [3.63, 3.8) is 0 Å². The van der Waals surface area contributed by atoms with Gasteiger partial charge in [0.25, 0.3) is 0 Å². The number of carbonyl (C=O) groups is 3. The SMILES string of the molecule is COC(=O)Cc1c(C)c2ccc(OC(=O)C3CCC(CNC(=O)OCc4ccccc4)CC3)cc2oc1=O. The summed E-state index contributed by atoms with van der Waals surface area (Å²) in [7, 11) is 1.26. The van der Waals surface area contributed by atoms with Crippen molar-refractivity contribution in [2.45, 2.75) is 45.6 Å². The summed E-state index contributed by atoms with van der Waals surface area (Å²) in [5, 5.41) is 3.46. The van der Waals surface area contributed by atoms with Crippen LogP contribution in [0.4, 0.5) is 4.79 Å². The van der Waals surface area contributed by atoms with E-state index in [1.54, 1.807) is 19.1 Å². The normalized spacial score (nSPS) is 17.0. The van der Waals surface area contributed by atoms with Gasteiger partial charge in [-0.1, -0.05) is 30.3 Å². The van der Waals surface area contributed by atoms with Gasteiger partial charge in [-0.25, -0.2) is 9.59 Å². The third kappa shape index (κ3) is 6.79. The minimum atomic E-state index is -0.625. The number of esters is 2. The molecule has 0 spiro atoms. The van der Waals surface area contributed by atoms with Gasteiger partial charge >= 0.3 is 23.7 Å². The third-order valence-corrected chi connectivity index (χ3v) is 6.95. The maximum Gasteiger partial charge on any atom is 0.407 e. The largest absolute Gasteiger partial charge is 0.469 e. The van der Waals surface area contributed by atoms with Gasteiger partial charge in [0.2, 0.25) is 0 Å². The molecule has 1 amide bonds. The molecule has 200 valence electrons. The average Bonchev–Trinajstić information content (AvgIpc) is 2.93. The molecule has 1 aliphatic rings. The van der Waals surface area contributed by atoms with Crippen LogP contribution in [0.1, 0.15) is 42.4 Å². The molecule has 1 fully saturated rings. The summed E-state index contributed by atoms with van der Waals surface area (Å²) in [6.07, 6.45) is 2.25. The minimum absolute atomic E-state index is 0.176. The lowest BCUT2D eigenvalue weighted by atomic mass is 9.82. The summed E-state index contributed by atoms with van der Waals surface area (Å²) in [6, 6.07) is 14.3. The zero-order chi connectivity index (χ0) is 27.1. The van der Waals surface area contributed by atoms with Crippen molar-refractivity contribution in [1.82, 2.24) is 5.32 Å². The van der Waals surface area contributed by atoms with E-state index in [4.69, 9.17) is 13.9 Å². The first-order valence-corrected chi connectivity index (χ1v) is 12.6. The fraction of sp³-hybridized carbons (Fsp3) is 0.379. The highest BCUT2D eigenvalue weighted by molar-refractivity contribution is 5.85. The van der Waals surface area contributed by atoms with Crippen molar-refractivity contribution in [1.29, 1.82) is 0 Å². The van der Waals surface area contributed by atoms with Crippen molar-refractivity contribution < 1.29 is 33.0 Å². The summed E-state index contributed by atoms with van der Waals surface area (Å²) < 4.78 is 20.9. The highest BCUT2D eigenvalue weighted by atomic mass is 16.5. The lowest BCUT2D eigenvalue weighted by Crippen LogP contribution is -2.33. The lowest BCUT2D eigenvalue weighted by Gasteiger charge is -2.27. The number of benzene rings is 2. The van der Waals surface area contributed by atoms with Crippen LogP contribution in [0.15, 0.2) is 57.7 Å². The van der Waals surface area contributed by atoms with Crippen LogP contribution in [0.5, 0.6) is 5.75 Å². The molecule has 9 nitrogen and oxygen atoms in total. The Balaban J connectivity index is 1.26. The van der Waals surface area contributed by atoms with E-state index < -0.39 is 17.7 Å². The van der Waals surface area contributed by atoms with E-state index >= 15 is 0 Å². The third-order valence-electron chi connectivity index (χ3n) is 6.95. The van der Waals surface area contributed by atoms with Crippen molar-refractivity contribution in [3.05, 3.63) is 75.6 Å². The molecule has 38 heavy (non-hydrogen) atoms. The van der Waals surface area contributed by atoms with E-state index in [0.717, 1.165) is 18.4 Å². The second-order valence-electron chi connectivity index (χ2n) is 9.49. The van der Waals surface area contributed by atoms with Crippen LogP contribution < -0.4 is 15.7 Å². The molecule has 0 radical (unpaired) electrons. The molecule has 2 aromatic carbocycles. The zero-order valence-electron chi connectivity index (χ0n) is 21.5. The Labute approximate surface area is 220 Å². The Hall–Kier alpha value is -4.14. The second kappa shape index (κ2) is 12.4. The molecule has 4 rings (SSSR count). The Morgan fingerprint density at radius 1 is 1.03 bits per heavy atom. The predicted octanol–water partition coefficient (Wildman–Crippen LogP) is 4.46. The molecule has 1 aromatic heterocycles. The minimum Gasteiger partial charge on any atom is -0.469 e. The first-order chi connectivity index (χ1) is 18.3. The summed E-state index contributed by atoms with van der Waals surface area (Å²) in [5.74, 6) is -0.558. The number of methoxy groups -OCH3 is 1. The monoisotopic (exact) mass is 521 g/mol. The van der Waals surface area contributed by atoms with Gasteiger partial charge in [-0.3, -0.25) is 9.59 Å². The smallest absolute Gasteiger partial charge is 0.407 e. The summed E-state index contributed by atoms with van der Waals surface area (Å²) >= 11 is 0. The van der Waals surface area contributed by atoms with Crippen LogP contribution in [0.25, 0.3) is 11.0 Å². The van der Waals surface area contributed by atoms with Crippen LogP contribution in [0.3, 0.4) is 0 Å². The number of alkyl carbamates (subject to hydrolysis) is 1. The van der Waals surface area contributed by atoms with Crippen LogP contribution in [0.2, 0.25) is 0 Å². The van der Waals surface area contributed by atoms with Gasteiger partial charge in [0.1, 0.15) is 17.9 Å². The summed E-state index contributed by atoms with van der Waals surface area (Å²) in [5.41, 5.74) is 1.44. The van der Waals surface area contributed by atoms with Crippen LogP contribution in [-0.4, -0.2) is 31.7 Å². The fourth-order valence-corrected chi connectivity index (χ4v) is 4.66. The van der Waals surface area contributed by atoms with Gasteiger partial charge in [0.15, 0.2) is 0 Å². The van der Waals surface area contributed by atoms with Gasteiger partial charge < -0.3 is 23.9 Å². The van der Waals surface area contributed by atoms with Gasteiger partial charge in [-0.15, -0.1) is 0 Å². The quantitative estimate of drug-likeness (QED) is 0.262. The van der Waals surface area contributed by atoms with Gasteiger partial charge in [0, 0.05) is 18.0 Å². The molecule has 0 unspecified atom stereocenters. The number of aryl methyl sites for hydroxylation is 1. The highest BCUT2D eigenvalue weighted by Crippen LogP contribution is 2.31. The molecular weight excluding hydrogens is 490 g/mol. The fourth-order valence-electron chi connectivity index (χ4n) is 4.66. The number of carbonyl (C=O) groups excluding carboxylic acids is 3. The first kappa shape index (κ1) is 26.9. The summed E-state index contributed by atoms with van der Waals surface area (Å²) in [4.78, 5) is 48.8. The van der Waals surface area contributed by atoms with E-state index in [1.165, 1.54) is 13.2 Å². The summed E-state index contributed by atoms with van der Waals surface area (Å²) in [6.45, 7) is 2.45. The number of rotatable bonds is 8. The number of amides is 1. The van der Waals surface area contributed by atoms with E-state index in [9.17, 15) is 19.2 Å². The maximum atomic E-state index is 12.8. The van der Waals surface area contributed by atoms with E-state index in [-0.39, 0.29) is 47.7 Å². The molecule has 1 N–H and O–H groups in total. The van der Waals surface area contributed by atoms with Crippen molar-refractivity contribution >= 4 is 29.0 Å². The molecule has 0 aliphatic heterocycles. The van der Waals surface area contributed by atoms with Crippen LogP contribution in [0, 0.1) is 18.8 Å². The molecule has 1 aliphatic carbocycles.